The van der Waals surface area contributed by atoms with Crippen LogP contribution in [0.1, 0.15) is 43.0 Å². The van der Waals surface area contributed by atoms with E-state index in [1.807, 2.05) is 17.5 Å². The average Bonchev–Trinajstić information content (AvgIpc) is 3.13. The second-order valence-electron chi connectivity index (χ2n) is 4.64. The highest BCUT2D eigenvalue weighted by Crippen LogP contribution is 2.25. The zero-order valence-electron chi connectivity index (χ0n) is 12.4. The van der Waals surface area contributed by atoms with Crippen molar-refractivity contribution in [1.82, 2.24) is 10.3 Å². The number of thiazole rings is 1. The number of hydrogen-bond donors (Lipinski definition) is 1. The molecule has 0 aliphatic heterocycles. The van der Waals surface area contributed by atoms with Crippen LogP contribution in [0.3, 0.4) is 0 Å². The second-order valence-corrected chi connectivity index (χ2v) is 6.71. The lowest BCUT2D eigenvalue weighted by molar-refractivity contribution is 0.529. The zero-order valence-corrected chi connectivity index (χ0v) is 14.1. The van der Waals surface area contributed by atoms with Gasteiger partial charge in [0.05, 0.1) is 0 Å². The topological polar surface area (TPSA) is 28.2 Å². The van der Waals surface area contributed by atoms with Gasteiger partial charge in [0, 0.05) is 41.6 Å². The lowest BCUT2D eigenvalue weighted by atomic mass is 10.2. The Balaban J connectivity index is 1.93. The van der Waals surface area contributed by atoms with Crippen molar-refractivity contribution in [3.8, 4) is 0 Å². The van der Waals surface area contributed by atoms with Crippen LogP contribution >= 0.6 is 22.7 Å². The summed E-state index contributed by atoms with van der Waals surface area (Å²) in [6, 6.07) is 4.78. The first-order chi connectivity index (χ1) is 9.78. The van der Waals surface area contributed by atoms with Gasteiger partial charge < -0.3 is 10.2 Å². The standard InChI is InChI=1S/C15H23N3S2/c1-4-13(14-8-7-9-19-14)16-10-12-11-17-15(20-12)18(5-2)6-3/h7-9,11,13,16H,4-6,10H2,1-3H3. The molecule has 5 heteroatoms. The molecule has 0 aliphatic rings. The third-order valence-corrected chi connectivity index (χ3v) is 5.44. The average molecular weight is 310 g/mol. The number of rotatable bonds is 8. The van der Waals surface area contributed by atoms with Crippen molar-refractivity contribution in [3.63, 3.8) is 0 Å². The van der Waals surface area contributed by atoms with Crippen LogP contribution in [-0.4, -0.2) is 18.1 Å². The molecular weight excluding hydrogens is 286 g/mol. The number of aromatic nitrogens is 1. The van der Waals surface area contributed by atoms with Crippen molar-refractivity contribution in [2.45, 2.75) is 39.8 Å². The first-order valence-electron chi connectivity index (χ1n) is 7.24. The van der Waals surface area contributed by atoms with E-state index >= 15 is 0 Å². The van der Waals surface area contributed by atoms with Gasteiger partial charge in [0.15, 0.2) is 5.13 Å². The van der Waals surface area contributed by atoms with E-state index in [0.29, 0.717) is 6.04 Å². The lowest BCUT2D eigenvalue weighted by Crippen LogP contribution is -2.21. The normalized spacial score (nSPS) is 12.6. The van der Waals surface area contributed by atoms with E-state index in [1.165, 1.54) is 9.75 Å². The molecule has 2 aromatic heterocycles. The lowest BCUT2D eigenvalue weighted by Gasteiger charge is -2.16. The molecule has 0 radical (unpaired) electrons. The van der Waals surface area contributed by atoms with Crippen LogP contribution in [0.25, 0.3) is 0 Å². The van der Waals surface area contributed by atoms with Crippen LogP contribution in [0, 0.1) is 0 Å². The Morgan fingerprint density at radius 3 is 2.70 bits per heavy atom. The van der Waals surface area contributed by atoms with Gasteiger partial charge >= 0.3 is 0 Å². The van der Waals surface area contributed by atoms with Gasteiger partial charge in [-0.15, -0.1) is 22.7 Å². The van der Waals surface area contributed by atoms with Gasteiger partial charge in [-0.1, -0.05) is 13.0 Å². The SMILES string of the molecule is CCC(NCc1cnc(N(CC)CC)s1)c1cccs1. The number of hydrogen-bond acceptors (Lipinski definition) is 5. The fraction of sp³-hybridized carbons (Fsp3) is 0.533. The van der Waals surface area contributed by atoms with E-state index < -0.39 is 0 Å². The molecular formula is C15H23N3S2. The van der Waals surface area contributed by atoms with Gasteiger partial charge in [-0.05, 0) is 31.7 Å². The minimum atomic E-state index is 0.453. The highest BCUT2D eigenvalue weighted by Gasteiger charge is 2.12. The Morgan fingerprint density at radius 2 is 2.10 bits per heavy atom. The molecule has 0 saturated heterocycles. The Hall–Kier alpha value is -0.910. The molecule has 0 aliphatic carbocycles. The van der Waals surface area contributed by atoms with Crippen molar-refractivity contribution in [3.05, 3.63) is 33.5 Å². The van der Waals surface area contributed by atoms with Crippen LogP contribution in [0.4, 0.5) is 5.13 Å². The van der Waals surface area contributed by atoms with E-state index in [1.54, 1.807) is 11.3 Å². The highest BCUT2D eigenvalue weighted by molar-refractivity contribution is 7.15. The second kappa shape index (κ2) is 7.76. The van der Waals surface area contributed by atoms with E-state index in [9.17, 15) is 0 Å². The Bertz CT molecular complexity index is 489. The predicted molar refractivity (Wildman–Crippen MR) is 89.9 cm³/mol. The van der Waals surface area contributed by atoms with E-state index in [-0.39, 0.29) is 0 Å². The number of nitrogens with one attached hydrogen (secondary N) is 1. The maximum Gasteiger partial charge on any atom is 0.185 e. The summed E-state index contributed by atoms with van der Waals surface area (Å²) < 4.78 is 0. The smallest absolute Gasteiger partial charge is 0.185 e. The summed E-state index contributed by atoms with van der Waals surface area (Å²) in [6.45, 7) is 9.51. The maximum atomic E-state index is 4.53. The van der Waals surface area contributed by atoms with E-state index in [4.69, 9.17) is 0 Å². The molecule has 0 aromatic carbocycles. The molecule has 2 heterocycles. The van der Waals surface area contributed by atoms with Gasteiger partial charge in [0.25, 0.3) is 0 Å². The molecule has 0 saturated carbocycles. The molecule has 1 unspecified atom stereocenters. The largest absolute Gasteiger partial charge is 0.349 e. The molecule has 0 fully saturated rings. The summed E-state index contributed by atoms with van der Waals surface area (Å²) in [6.07, 6.45) is 3.12. The summed E-state index contributed by atoms with van der Waals surface area (Å²) >= 11 is 3.62. The Kier molecular flexibility index (Phi) is 6.01. The molecule has 1 N–H and O–H groups in total. The molecule has 1 atom stereocenters. The van der Waals surface area contributed by atoms with Crippen LogP contribution < -0.4 is 10.2 Å². The predicted octanol–water partition coefficient (Wildman–Crippen LogP) is 4.29. The molecule has 110 valence electrons. The van der Waals surface area contributed by atoms with Gasteiger partial charge in [-0.25, -0.2) is 4.98 Å². The fourth-order valence-corrected chi connectivity index (χ4v) is 4.05. The fourth-order valence-electron chi connectivity index (χ4n) is 2.18. The summed E-state index contributed by atoms with van der Waals surface area (Å²) in [5, 5.41) is 6.92. The Morgan fingerprint density at radius 1 is 1.30 bits per heavy atom. The van der Waals surface area contributed by atoms with Crippen molar-refractivity contribution < 1.29 is 0 Å². The van der Waals surface area contributed by atoms with Gasteiger partial charge in [-0.2, -0.15) is 0 Å². The first kappa shape index (κ1) is 15.5. The summed E-state index contributed by atoms with van der Waals surface area (Å²) in [4.78, 5) is 9.55. The maximum absolute atomic E-state index is 4.53. The van der Waals surface area contributed by atoms with Gasteiger partial charge in [0.2, 0.25) is 0 Å². The molecule has 0 spiro atoms. The third-order valence-electron chi connectivity index (χ3n) is 3.39. The summed E-state index contributed by atoms with van der Waals surface area (Å²) in [5.41, 5.74) is 0. The minimum absolute atomic E-state index is 0.453. The quantitative estimate of drug-likeness (QED) is 0.788. The van der Waals surface area contributed by atoms with Gasteiger partial charge in [0.1, 0.15) is 0 Å². The monoisotopic (exact) mass is 309 g/mol. The van der Waals surface area contributed by atoms with Crippen molar-refractivity contribution in [1.29, 1.82) is 0 Å². The highest BCUT2D eigenvalue weighted by atomic mass is 32.1. The molecule has 20 heavy (non-hydrogen) atoms. The van der Waals surface area contributed by atoms with E-state index in [0.717, 1.165) is 31.2 Å². The molecule has 0 amide bonds. The van der Waals surface area contributed by atoms with Crippen molar-refractivity contribution >= 4 is 27.8 Å². The third kappa shape index (κ3) is 3.81. The first-order valence-corrected chi connectivity index (χ1v) is 8.94. The molecule has 0 bridgehead atoms. The number of nitrogens with zero attached hydrogens (tertiary/aromatic N) is 2. The van der Waals surface area contributed by atoms with E-state index in [2.05, 4.69) is 53.5 Å². The van der Waals surface area contributed by atoms with Crippen molar-refractivity contribution in [2.24, 2.45) is 0 Å². The molecule has 2 aromatic rings. The molecule has 2 rings (SSSR count). The van der Waals surface area contributed by atoms with Crippen LogP contribution in [-0.2, 0) is 6.54 Å². The Labute approximate surface area is 129 Å². The summed E-state index contributed by atoms with van der Waals surface area (Å²) in [7, 11) is 0. The minimum Gasteiger partial charge on any atom is -0.349 e. The summed E-state index contributed by atoms with van der Waals surface area (Å²) in [5.74, 6) is 0. The molecule has 3 nitrogen and oxygen atoms in total. The van der Waals surface area contributed by atoms with Crippen molar-refractivity contribution in [2.75, 3.05) is 18.0 Å². The van der Waals surface area contributed by atoms with Crippen LogP contribution in [0.2, 0.25) is 0 Å². The van der Waals surface area contributed by atoms with Crippen LogP contribution in [0.5, 0.6) is 0 Å². The zero-order chi connectivity index (χ0) is 14.4. The van der Waals surface area contributed by atoms with Gasteiger partial charge in [-0.3, -0.25) is 0 Å². The van der Waals surface area contributed by atoms with Crippen LogP contribution in [0.15, 0.2) is 23.7 Å². The number of anilines is 1. The number of thiophene rings is 1.